The Labute approximate surface area is 152 Å². The van der Waals surface area contributed by atoms with E-state index in [0.717, 1.165) is 0 Å². The van der Waals surface area contributed by atoms with E-state index < -0.39 is 17.7 Å². The standard InChI is InChI=1S/C17H23ClN4O3/c1-4-17(2,3)25-16(23)22(10-13-11-24-13)14(15(18)19)9-21-12-6-5-7-20-8-12/h5-9,13-14,19H,4,10-11H2,1-3H3. The number of aromatic nitrogens is 1. The fraction of sp³-hybridized carbons (Fsp3) is 0.529. The van der Waals surface area contributed by atoms with Gasteiger partial charge in [-0.3, -0.25) is 20.3 Å². The molecule has 2 unspecified atom stereocenters. The Hall–Kier alpha value is -1.99. The zero-order chi connectivity index (χ0) is 18.4. The first-order valence-electron chi connectivity index (χ1n) is 8.12. The van der Waals surface area contributed by atoms with Gasteiger partial charge in [-0.15, -0.1) is 0 Å². The van der Waals surface area contributed by atoms with Gasteiger partial charge in [-0.25, -0.2) is 4.79 Å². The molecule has 136 valence electrons. The second-order valence-electron chi connectivity index (χ2n) is 6.37. The van der Waals surface area contributed by atoms with E-state index in [1.54, 1.807) is 24.5 Å². The Morgan fingerprint density at radius 2 is 2.40 bits per heavy atom. The molecule has 1 fully saturated rings. The summed E-state index contributed by atoms with van der Waals surface area (Å²) in [6.45, 7) is 6.47. The minimum atomic E-state index is -0.828. The van der Waals surface area contributed by atoms with Crippen LogP contribution < -0.4 is 0 Å². The first-order valence-corrected chi connectivity index (χ1v) is 8.49. The molecule has 25 heavy (non-hydrogen) atoms. The van der Waals surface area contributed by atoms with Crippen molar-refractivity contribution in [1.82, 2.24) is 9.88 Å². The summed E-state index contributed by atoms with van der Waals surface area (Å²) in [5, 5.41) is 7.63. The van der Waals surface area contributed by atoms with Crippen LogP contribution in [0.25, 0.3) is 0 Å². The summed E-state index contributed by atoms with van der Waals surface area (Å²) in [4.78, 5) is 22.3. The largest absolute Gasteiger partial charge is 0.443 e. The predicted octanol–water partition coefficient (Wildman–Crippen LogP) is 3.39. The highest BCUT2D eigenvalue weighted by atomic mass is 35.5. The summed E-state index contributed by atoms with van der Waals surface area (Å²) in [6.07, 6.45) is 4.73. The molecule has 2 rings (SSSR count). The lowest BCUT2D eigenvalue weighted by Gasteiger charge is -2.31. The number of nitrogens with zero attached hydrogens (tertiary/aromatic N) is 3. The Balaban J connectivity index is 2.20. The second kappa shape index (κ2) is 8.40. The number of amides is 1. The molecule has 0 bridgehead atoms. The molecule has 1 amide bonds. The van der Waals surface area contributed by atoms with Gasteiger partial charge in [-0.1, -0.05) is 18.5 Å². The maximum atomic E-state index is 12.7. The van der Waals surface area contributed by atoms with E-state index in [1.807, 2.05) is 20.8 Å². The number of ether oxygens (including phenoxy) is 2. The van der Waals surface area contributed by atoms with Crippen molar-refractivity contribution in [3.8, 4) is 0 Å². The van der Waals surface area contributed by atoms with Crippen molar-refractivity contribution in [2.24, 2.45) is 4.99 Å². The van der Waals surface area contributed by atoms with Gasteiger partial charge in [0, 0.05) is 12.4 Å². The molecular formula is C17H23ClN4O3. The molecule has 2 heterocycles. The van der Waals surface area contributed by atoms with Crippen LogP contribution in [0.1, 0.15) is 27.2 Å². The van der Waals surface area contributed by atoms with Crippen LogP contribution >= 0.6 is 11.6 Å². The van der Waals surface area contributed by atoms with Crippen LogP contribution in [0.2, 0.25) is 0 Å². The third kappa shape index (κ3) is 6.10. The van der Waals surface area contributed by atoms with Gasteiger partial charge in [-0.05, 0) is 32.4 Å². The molecule has 0 aliphatic carbocycles. The molecule has 1 aliphatic rings. The van der Waals surface area contributed by atoms with Crippen LogP contribution in [0.15, 0.2) is 29.5 Å². The molecule has 1 N–H and O–H groups in total. The number of aliphatic imine (C=N–C) groups is 1. The van der Waals surface area contributed by atoms with E-state index in [9.17, 15) is 4.79 Å². The number of carbonyl (C=O) groups is 1. The fourth-order valence-corrected chi connectivity index (χ4v) is 2.11. The first kappa shape index (κ1) is 19.3. The summed E-state index contributed by atoms with van der Waals surface area (Å²) < 4.78 is 10.8. The number of hydrogen-bond donors (Lipinski definition) is 1. The lowest BCUT2D eigenvalue weighted by molar-refractivity contribution is 0.0106. The highest BCUT2D eigenvalue weighted by Gasteiger charge is 2.36. The van der Waals surface area contributed by atoms with Crippen LogP contribution in [-0.2, 0) is 9.47 Å². The monoisotopic (exact) mass is 366 g/mol. The van der Waals surface area contributed by atoms with Crippen LogP contribution in [0.5, 0.6) is 0 Å². The van der Waals surface area contributed by atoms with E-state index in [0.29, 0.717) is 18.7 Å². The SMILES string of the molecule is CCC(C)(C)OC(=O)N(CC1CO1)C(C=Nc1cccnc1)C(=N)Cl. The van der Waals surface area contributed by atoms with Gasteiger partial charge in [0.1, 0.15) is 16.8 Å². The molecule has 2 atom stereocenters. The van der Waals surface area contributed by atoms with Gasteiger partial charge in [0.2, 0.25) is 0 Å². The number of pyridine rings is 1. The molecule has 1 aliphatic heterocycles. The summed E-state index contributed by atoms with van der Waals surface area (Å²) in [7, 11) is 0. The number of halogens is 1. The minimum Gasteiger partial charge on any atom is -0.443 e. The van der Waals surface area contributed by atoms with Crippen LogP contribution in [0.3, 0.4) is 0 Å². The van der Waals surface area contributed by atoms with Crippen molar-refractivity contribution in [2.75, 3.05) is 13.2 Å². The maximum Gasteiger partial charge on any atom is 0.411 e. The fourth-order valence-electron chi connectivity index (χ4n) is 1.93. The summed E-state index contributed by atoms with van der Waals surface area (Å²) in [5.41, 5.74) is -0.00506. The van der Waals surface area contributed by atoms with Gasteiger partial charge in [0.15, 0.2) is 0 Å². The van der Waals surface area contributed by atoms with Crippen molar-refractivity contribution >= 4 is 34.8 Å². The molecule has 1 aromatic heterocycles. The van der Waals surface area contributed by atoms with Crippen molar-refractivity contribution in [3.63, 3.8) is 0 Å². The van der Waals surface area contributed by atoms with Crippen LogP contribution in [-0.4, -0.2) is 58.3 Å². The van der Waals surface area contributed by atoms with Crippen molar-refractivity contribution in [3.05, 3.63) is 24.5 Å². The second-order valence-corrected chi connectivity index (χ2v) is 6.78. The van der Waals surface area contributed by atoms with Gasteiger partial charge < -0.3 is 9.47 Å². The predicted molar refractivity (Wildman–Crippen MR) is 97.1 cm³/mol. The number of carbonyl (C=O) groups excluding carboxylic acids is 1. The third-order valence-electron chi connectivity index (χ3n) is 3.86. The summed E-state index contributed by atoms with van der Waals surface area (Å²) in [5.74, 6) is 0. The molecule has 0 saturated carbocycles. The van der Waals surface area contributed by atoms with Crippen LogP contribution in [0.4, 0.5) is 10.5 Å². The van der Waals surface area contributed by atoms with E-state index in [2.05, 4.69) is 9.98 Å². The summed E-state index contributed by atoms with van der Waals surface area (Å²) >= 11 is 5.94. The molecule has 0 spiro atoms. The number of nitrogens with one attached hydrogen (secondary N) is 1. The van der Waals surface area contributed by atoms with Crippen LogP contribution in [0, 0.1) is 5.41 Å². The zero-order valence-electron chi connectivity index (χ0n) is 14.6. The number of epoxide rings is 1. The van der Waals surface area contributed by atoms with Crippen molar-refractivity contribution < 1.29 is 14.3 Å². The topological polar surface area (TPSA) is 91.2 Å². The smallest absolute Gasteiger partial charge is 0.411 e. The summed E-state index contributed by atoms with van der Waals surface area (Å²) in [6, 6.07) is 2.69. The molecule has 8 heteroatoms. The molecule has 1 aromatic rings. The average Bonchev–Trinajstić information content (AvgIpc) is 3.38. The molecule has 0 aromatic carbocycles. The highest BCUT2D eigenvalue weighted by molar-refractivity contribution is 6.67. The minimum absolute atomic E-state index is 0.0670. The van der Waals surface area contributed by atoms with Gasteiger partial charge in [0.05, 0.1) is 31.1 Å². The Morgan fingerprint density at radius 3 is 2.92 bits per heavy atom. The molecule has 1 saturated heterocycles. The van der Waals surface area contributed by atoms with Crippen molar-refractivity contribution in [2.45, 2.75) is 44.9 Å². The zero-order valence-corrected chi connectivity index (χ0v) is 15.4. The Bertz CT molecular complexity index is 632. The van der Waals surface area contributed by atoms with Gasteiger partial charge >= 0.3 is 6.09 Å². The van der Waals surface area contributed by atoms with Gasteiger partial charge in [-0.2, -0.15) is 0 Å². The lowest BCUT2D eigenvalue weighted by Crippen LogP contribution is -2.48. The average molecular weight is 367 g/mol. The maximum absolute atomic E-state index is 12.7. The first-order chi connectivity index (χ1) is 11.8. The normalized spacial score (nSPS) is 18.0. The van der Waals surface area contributed by atoms with E-state index in [-0.39, 0.29) is 17.8 Å². The highest BCUT2D eigenvalue weighted by Crippen LogP contribution is 2.20. The van der Waals surface area contributed by atoms with Gasteiger partial charge in [0.25, 0.3) is 0 Å². The number of hydrogen-bond acceptors (Lipinski definition) is 6. The Morgan fingerprint density at radius 1 is 1.68 bits per heavy atom. The van der Waals surface area contributed by atoms with E-state index >= 15 is 0 Å². The van der Waals surface area contributed by atoms with E-state index in [1.165, 1.54) is 11.1 Å². The molecular weight excluding hydrogens is 344 g/mol. The number of rotatable bonds is 8. The molecule has 7 nitrogen and oxygen atoms in total. The molecule has 0 radical (unpaired) electrons. The Kier molecular flexibility index (Phi) is 6.50. The van der Waals surface area contributed by atoms with E-state index in [4.69, 9.17) is 26.5 Å². The van der Waals surface area contributed by atoms with Crippen molar-refractivity contribution in [1.29, 1.82) is 5.41 Å². The quantitative estimate of drug-likeness (QED) is 0.563. The third-order valence-corrected chi connectivity index (χ3v) is 4.08. The lowest BCUT2D eigenvalue weighted by atomic mass is 10.1.